The molecule has 3 aromatic rings. The normalized spacial score (nSPS) is 17.7. The van der Waals surface area contributed by atoms with Gasteiger partial charge in [-0.3, -0.25) is 9.36 Å². The van der Waals surface area contributed by atoms with Gasteiger partial charge in [-0.05, 0) is 56.1 Å². The van der Waals surface area contributed by atoms with Crippen LogP contribution >= 0.6 is 0 Å². The summed E-state index contributed by atoms with van der Waals surface area (Å²) >= 11 is 0. The third-order valence-corrected chi connectivity index (χ3v) is 4.43. The number of aromatic nitrogens is 2. The summed E-state index contributed by atoms with van der Waals surface area (Å²) in [7, 11) is 0. The van der Waals surface area contributed by atoms with Crippen LogP contribution < -0.4 is 10.9 Å². The Morgan fingerprint density at radius 3 is 2.83 bits per heavy atom. The van der Waals surface area contributed by atoms with E-state index in [-0.39, 0.29) is 11.6 Å². The molecule has 23 heavy (non-hydrogen) atoms. The minimum atomic E-state index is 0.00454. The molecule has 1 saturated heterocycles. The molecule has 0 saturated carbocycles. The first-order valence-electron chi connectivity index (χ1n) is 8.06. The Morgan fingerprint density at radius 1 is 1.17 bits per heavy atom. The molecule has 0 aliphatic carbocycles. The number of rotatable bonds is 2. The second kappa shape index (κ2) is 5.63. The Hall–Kier alpha value is -2.46. The van der Waals surface area contributed by atoms with Gasteiger partial charge in [0, 0.05) is 0 Å². The Balaban J connectivity index is 2.05. The predicted octanol–water partition coefficient (Wildman–Crippen LogP) is 3.12. The van der Waals surface area contributed by atoms with E-state index in [4.69, 9.17) is 4.98 Å². The third kappa shape index (κ3) is 2.45. The van der Waals surface area contributed by atoms with Crippen LogP contribution in [0.1, 0.15) is 30.3 Å². The smallest absolute Gasteiger partial charge is 0.266 e. The second-order valence-corrected chi connectivity index (χ2v) is 6.12. The maximum atomic E-state index is 13.1. The van der Waals surface area contributed by atoms with Gasteiger partial charge in [-0.15, -0.1) is 0 Å². The van der Waals surface area contributed by atoms with Crippen LogP contribution in [0.25, 0.3) is 16.6 Å². The molecule has 1 aliphatic heterocycles. The van der Waals surface area contributed by atoms with Gasteiger partial charge in [-0.25, -0.2) is 4.98 Å². The van der Waals surface area contributed by atoms with Gasteiger partial charge in [0.25, 0.3) is 5.56 Å². The van der Waals surface area contributed by atoms with Crippen molar-refractivity contribution in [2.24, 2.45) is 0 Å². The highest BCUT2D eigenvalue weighted by molar-refractivity contribution is 5.77. The molecule has 1 atom stereocenters. The molecule has 1 aromatic heterocycles. The van der Waals surface area contributed by atoms with Gasteiger partial charge in [-0.2, -0.15) is 0 Å². The van der Waals surface area contributed by atoms with E-state index < -0.39 is 0 Å². The zero-order valence-electron chi connectivity index (χ0n) is 13.1. The molecule has 0 radical (unpaired) electrons. The lowest BCUT2D eigenvalue weighted by Gasteiger charge is -2.18. The van der Waals surface area contributed by atoms with Crippen molar-refractivity contribution in [2.45, 2.75) is 25.8 Å². The molecule has 4 rings (SSSR count). The van der Waals surface area contributed by atoms with Crippen molar-refractivity contribution in [3.05, 3.63) is 70.3 Å². The number of para-hydroxylation sites is 1. The fourth-order valence-corrected chi connectivity index (χ4v) is 3.31. The maximum Gasteiger partial charge on any atom is 0.266 e. The first-order chi connectivity index (χ1) is 11.2. The Bertz CT molecular complexity index is 923. The van der Waals surface area contributed by atoms with Crippen LogP contribution in [0, 0.1) is 6.92 Å². The molecular formula is C19H19N3O. The average Bonchev–Trinajstić information content (AvgIpc) is 3.09. The van der Waals surface area contributed by atoms with Gasteiger partial charge in [-0.1, -0.05) is 24.3 Å². The SMILES string of the molecule is Cc1cccc(-n2c(C3CCCN3)nc3ccccc3c2=O)c1. The molecule has 1 aliphatic rings. The molecule has 0 bridgehead atoms. The quantitative estimate of drug-likeness (QED) is 0.791. The summed E-state index contributed by atoms with van der Waals surface area (Å²) < 4.78 is 1.78. The van der Waals surface area contributed by atoms with E-state index in [1.807, 2.05) is 55.5 Å². The first kappa shape index (κ1) is 14.2. The van der Waals surface area contributed by atoms with Crippen molar-refractivity contribution in [3.8, 4) is 5.69 Å². The standard InChI is InChI=1S/C19H19N3O/c1-13-6-4-7-14(12-13)22-18(17-10-5-11-20-17)21-16-9-3-2-8-15(16)19(22)23/h2-4,6-9,12,17,20H,5,10-11H2,1H3. The molecule has 4 nitrogen and oxygen atoms in total. The predicted molar refractivity (Wildman–Crippen MR) is 92.1 cm³/mol. The molecule has 0 amide bonds. The summed E-state index contributed by atoms with van der Waals surface area (Å²) in [6.07, 6.45) is 2.12. The van der Waals surface area contributed by atoms with Crippen LogP contribution in [0.15, 0.2) is 53.3 Å². The van der Waals surface area contributed by atoms with E-state index in [1.165, 1.54) is 0 Å². The highest BCUT2D eigenvalue weighted by Gasteiger charge is 2.23. The van der Waals surface area contributed by atoms with Gasteiger partial charge in [0.2, 0.25) is 0 Å². The van der Waals surface area contributed by atoms with E-state index in [1.54, 1.807) is 4.57 Å². The van der Waals surface area contributed by atoms with Crippen LogP contribution in [-0.2, 0) is 0 Å². The third-order valence-electron chi connectivity index (χ3n) is 4.43. The van der Waals surface area contributed by atoms with E-state index in [9.17, 15) is 4.79 Å². The molecular weight excluding hydrogens is 286 g/mol. The van der Waals surface area contributed by atoms with E-state index in [2.05, 4.69) is 5.32 Å². The van der Waals surface area contributed by atoms with Crippen molar-refractivity contribution in [1.29, 1.82) is 0 Å². The Morgan fingerprint density at radius 2 is 2.04 bits per heavy atom. The molecule has 1 fully saturated rings. The van der Waals surface area contributed by atoms with Gasteiger partial charge in [0.05, 0.1) is 22.6 Å². The number of fused-ring (bicyclic) bond motifs is 1. The summed E-state index contributed by atoms with van der Waals surface area (Å²) in [6.45, 7) is 3.01. The lowest BCUT2D eigenvalue weighted by Crippen LogP contribution is -2.28. The molecule has 116 valence electrons. The van der Waals surface area contributed by atoms with Crippen LogP contribution in [0.5, 0.6) is 0 Å². The highest BCUT2D eigenvalue weighted by atomic mass is 16.1. The first-order valence-corrected chi connectivity index (χ1v) is 8.06. The minimum Gasteiger partial charge on any atom is -0.307 e. The number of benzene rings is 2. The Kier molecular flexibility index (Phi) is 3.46. The lowest BCUT2D eigenvalue weighted by atomic mass is 10.1. The van der Waals surface area contributed by atoms with Gasteiger partial charge < -0.3 is 5.32 Å². The van der Waals surface area contributed by atoms with Crippen LogP contribution in [-0.4, -0.2) is 16.1 Å². The zero-order valence-corrected chi connectivity index (χ0v) is 13.1. The fourth-order valence-electron chi connectivity index (χ4n) is 3.31. The van der Waals surface area contributed by atoms with Crippen LogP contribution in [0.4, 0.5) is 0 Å². The monoisotopic (exact) mass is 305 g/mol. The van der Waals surface area contributed by atoms with Crippen molar-refractivity contribution in [3.63, 3.8) is 0 Å². The van der Waals surface area contributed by atoms with Crippen LogP contribution in [0.2, 0.25) is 0 Å². The topological polar surface area (TPSA) is 46.9 Å². The summed E-state index contributed by atoms with van der Waals surface area (Å²) in [5.74, 6) is 0.816. The molecule has 1 unspecified atom stereocenters. The summed E-state index contributed by atoms with van der Waals surface area (Å²) in [5, 5.41) is 4.13. The number of nitrogens with zero attached hydrogens (tertiary/aromatic N) is 2. The summed E-state index contributed by atoms with van der Waals surface area (Å²) in [4.78, 5) is 17.9. The van der Waals surface area contributed by atoms with E-state index >= 15 is 0 Å². The van der Waals surface area contributed by atoms with Gasteiger partial charge in [0.1, 0.15) is 5.82 Å². The van der Waals surface area contributed by atoms with E-state index in [0.29, 0.717) is 5.39 Å². The maximum absolute atomic E-state index is 13.1. The average molecular weight is 305 g/mol. The lowest BCUT2D eigenvalue weighted by molar-refractivity contribution is 0.584. The fraction of sp³-hybridized carbons (Fsp3) is 0.263. The van der Waals surface area contributed by atoms with Crippen LogP contribution in [0.3, 0.4) is 0 Å². The van der Waals surface area contributed by atoms with Gasteiger partial charge in [0.15, 0.2) is 0 Å². The molecule has 0 spiro atoms. The second-order valence-electron chi connectivity index (χ2n) is 6.12. The molecule has 4 heteroatoms. The number of aryl methyl sites for hydroxylation is 1. The van der Waals surface area contributed by atoms with Crippen molar-refractivity contribution in [2.75, 3.05) is 6.54 Å². The van der Waals surface area contributed by atoms with Crippen molar-refractivity contribution < 1.29 is 0 Å². The van der Waals surface area contributed by atoms with Gasteiger partial charge >= 0.3 is 0 Å². The van der Waals surface area contributed by atoms with Crippen molar-refractivity contribution >= 4 is 10.9 Å². The zero-order chi connectivity index (χ0) is 15.8. The molecule has 2 aromatic carbocycles. The molecule has 2 heterocycles. The summed E-state index contributed by atoms with van der Waals surface area (Å²) in [5.41, 5.74) is 2.79. The highest BCUT2D eigenvalue weighted by Crippen LogP contribution is 2.24. The number of hydrogen-bond acceptors (Lipinski definition) is 3. The minimum absolute atomic E-state index is 0.00454. The van der Waals surface area contributed by atoms with E-state index in [0.717, 1.165) is 42.0 Å². The number of hydrogen-bond donors (Lipinski definition) is 1. The number of nitrogens with one attached hydrogen (secondary N) is 1. The Labute approximate surface area is 134 Å². The summed E-state index contributed by atoms with van der Waals surface area (Å²) in [6, 6.07) is 15.7. The molecule has 1 N–H and O–H groups in total. The van der Waals surface area contributed by atoms with Crippen molar-refractivity contribution in [1.82, 2.24) is 14.9 Å². The largest absolute Gasteiger partial charge is 0.307 e.